The fraction of sp³-hybridized carbons (Fsp3) is 0.0526. The molecule has 0 atom stereocenters. The van der Waals surface area contributed by atoms with Crippen molar-refractivity contribution in [2.45, 2.75) is 0 Å². The van der Waals surface area contributed by atoms with Gasteiger partial charge in [-0.15, -0.1) is 22.7 Å². The predicted octanol–water partition coefficient (Wildman–Crippen LogP) is 4.73. The van der Waals surface area contributed by atoms with Gasteiger partial charge in [0.15, 0.2) is 0 Å². The van der Waals surface area contributed by atoms with Crippen LogP contribution in [0.4, 0.5) is 5.69 Å². The highest BCUT2D eigenvalue weighted by Gasteiger charge is 2.08. The minimum atomic E-state index is 0.807. The van der Waals surface area contributed by atoms with E-state index in [0.717, 1.165) is 32.5 Å². The smallest absolute Gasteiger partial charge is 0.211 e. The van der Waals surface area contributed by atoms with Crippen molar-refractivity contribution in [3.63, 3.8) is 0 Å². The van der Waals surface area contributed by atoms with E-state index in [0.29, 0.717) is 0 Å². The normalized spacial score (nSPS) is 12.1. The Kier molecular flexibility index (Phi) is 4.81. The molecule has 0 amide bonds. The molecule has 0 spiro atoms. The molecular formula is C19H16N4OS2. The van der Waals surface area contributed by atoms with Gasteiger partial charge in [0, 0.05) is 11.6 Å². The molecule has 130 valence electrons. The van der Waals surface area contributed by atoms with Gasteiger partial charge in [-0.1, -0.05) is 6.07 Å². The maximum atomic E-state index is 5.21. The van der Waals surface area contributed by atoms with Gasteiger partial charge in [-0.2, -0.15) is 5.10 Å². The summed E-state index contributed by atoms with van der Waals surface area (Å²) in [5.74, 6) is 0.812. The Morgan fingerprint density at radius 1 is 1.08 bits per heavy atom. The lowest BCUT2D eigenvalue weighted by molar-refractivity contribution is 0.415. The Balaban J connectivity index is 1.79. The molecule has 1 N–H and O–H groups in total. The number of ether oxygens (including phenoxy) is 1. The minimum absolute atomic E-state index is 0.807. The summed E-state index contributed by atoms with van der Waals surface area (Å²) in [7, 11) is 1.65. The van der Waals surface area contributed by atoms with Crippen LogP contribution in [0.3, 0.4) is 0 Å². The number of nitrogens with zero attached hydrogens (tertiary/aromatic N) is 3. The molecule has 0 radical (unpaired) electrons. The molecule has 0 fully saturated rings. The van der Waals surface area contributed by atoms with Crippen LogP contribution in [-0.4, -0.2) is 23.0 Å². The number of aromatic amines is 1. The molecule has 3 heterocycles. The summed E-state index contributed by atoms with van der Waals surface area (Å²) in [6.07, 6.45) is 3.68. The van der Waals surface area contributed by atoms with Gasteiger partial charge in [0.2, 0.25) is 4.80 Å². The van der Waals surface area contributed by atoms with Gasteiger partial charge in [0.05, 0.1) is 35.3 Å². The fourth-order valence-electron chi connectivity index (χ4n) is 2.40. The van der Waals surface area contributed by atoms with Crippen molar-refractivity contribution in [3.8, 4) is 16.3 Å². The largest absolute Gasteiger partial charge is 0.497 e. The van der Waals surface area contributed by atoms with Gasteiger partial charge >= 0.3 is 0 Å². The minimum Gasteiger partial charge on any atom is -0.497 e. The summed E-state index contributed by atoms with van der Waals surface area (Å²) in [5, 5.41) is 8.80. The molecule has 0 aliphatic heterocycles. The van der Waals surface area contributed by atoms with Crippen LogP contribution in [0.2, 0.25) is 0 Å². The van der Waals surface area contributed by atoms with E-state index < -0.39 is 0 Å². The molecule has 7 heteroatoms. The monoisotopic (exact) mass is 380 g/mol. The van der Waals surface area contributed by atoms with E-state index in [1.807, 2.05) is 53.3 Å². The van der Waals surface area contributed by atoms with Crippen LogP contribution in [0.15, 0.2) is 75.6 Å². The second-order valence-electron chi connectivity index (χ2n) is 5.37. The molecule has 0 unspecified atom stereocenters. The quantitative estimate of drug-likeness (QED) is 0.500. The number of nitrogens with one attached hydrogen (secondary N) is 1. The van der Waals surface area contributed by atoms with E-state index in [4.69, 9.17) is 9.73 Å². The lowest BCUT2D eigenvalue weighted by Crippen LogP contribution is -2.11. The topological polar surface area (TPSA) is 54.7 Å². The Morgan fingerprint density at radius 2 is 1.96 bits per heavy atom. The highest BCUT2D eigenvalue weighted by Crippen LogP contribution is 2.25. The SMILES string of the molecule is COc1ccc(N=c2scc(-c3cccs3)n2N=Cc2ccc[nH]2)cc1. The van der Waals surface area contributed by atoms with Gasteiger partial charge in [-0.3, -0.25) is 0 Å². The number of aromatic nitrogens is 2. The van der Waals surface area contributed by atoms with Gasteiger partial charge in [0.25, 0.3) is 0 Å². The first-order valence-electron chi connectivity index (χ1n) is 7.94. The summed E-state index contributed by atoms with van der Waals surface area (Å²) in [5.41, 5.74) is 2.82. The van der Waals surface area contributed by atoms with Crippen molar-refractivity contribution >= 4 is 34.6 Å². The van der Waals surface area contributed by atoms with Crippen molar-refractivity contribution < 1.29 is 4.74 Å². The second-order valence-corrected chi connectivity index (χ2v) is 7.16. The zero-order valence-electron chi connectivity index (χ0n) is 14.0. The first-order valence-corrected chi connectivity index (χ1v) is 9.70. The van der Waals surface area contributed by atoms with E-state index in [-0.39, 0.29) is 0 Å². The molecule has 0 aliphatic carbocycles. The standard InChI is InChI=1S/C19H16N4OS2/c1-24-16-8-6-14(7-9-16)22-19-23(21-12-15-4-2-10-20-15)17(13-26-19)18-5-3-11-25-18/h2-13,20H,1H3. The predicted molar refractivity (Wildman–Crippen MR) is 108 cm³/mol. The number of thiophene rings is 1. The summed E-state index contributed by atoms with van der Waals surface area (Å²) in [6, 6.07) is 15.7. The van der Waals surface area contributed by atoms with E-state index >= 15 is 0 Å². The molecule has 0 bridgehead atoms. The molecule has 26 heavy (non-hydrogen) atoms. The van der Waals surface area contributed by atoms with E-state index in [1.165, 1.54) is 0 Å². The molecule has 0 saturated carbocycles. The van der Waals surface area contributed by atoms with Crippen molar-refractivity contribution in [3.05, 3.63) is 76.0 Å². The van der Waals surface area contributed by atoms with Crippen molar-refractivity contribution in [1.82, 2.24) is 9.66 Å². The van der Waals surface area contributed by atoms with Crippen LogP contribution in [0, 0.1) is 0 Å². The lowest BCUT2D eigenvalue weighted by atomic mass is 10.3. The first kappa shape index (κ1) is 16.6. The van der Waals surface area contributed by atoms with Crippen molar-refractivity contribution in [2.75, 3.05) is 7.11 Å². The first-order chi connectivity index (χ1) is 12.8. The lowest BCUT2D eigenvalue weighted by Gasteiger charge is -2.01. The van der Waals surface area contributed by atoms with Crippen molar-refractivity contribution in [2.24, 2.45) is 10.1 Å². The van der Waals surface area contributed by atoms with E-state index in [2.05, 4.69) is 26.9 Å². The summed E-state index contributed by atoms with van der Waals surface area (Å²) in [6.45, 7) is 0. The third-order valence-corrected chi connectivity index (χ3v) is 5.40. The number of rotatable bonds is 5. The molecule has 3 aromatic heterocycles. The van der Waals surface area contributed by atoms with Crippen molar-refractivity contribution in [1.29, 1.82) is 0 Å². The number of methoxy groups -OCH3 is 1. The Hall–Kier alpha value is -2.90. The zero-order chi connectivity index (χ0) is 17.8. The van der Waals surface area contributed by atoms with E-state index in [1.54, 1.807) is 36.0 Å². The van der Waals surface area contributed by atoms with Crippen LogP contribution in [-0.2, 0) is 0 Å². The third-order valence-electron chi connectivity index (χ3n) is 3.69. The Labute approximate surface area is 158 Å². The average Bonchev–Trinajstić information content (AvgIpc) is 3.42. The fourth-order valence-corrected chi connectivity index (χ4v) is 4.04. The molecule has 4 rings (SSSR count). The highest BCUT2D eigenvalue weighted by atomic mass is 32.1. The third kappa shape index (κ3) is 3.54. The summed E-state index contributed by atoms with van der Waals surface area (Å²) in [4.78, 5) is 9.85. The molecular weight excluding hydrogens is 364 g/mol. The molecule has 4 aromatic rings. The van der Waals surface area contributed by atoms with Crippen LogP contribution in [0.5, 0.6) is 5.75 Å². The number of thiazole rings is 1. The van der Waals surface area contributed by atoms with Crippen LogP contribution < -0.4 is 9.54 Å². The Bertz CT molecular complexity index is 1060. The average molecular weight is 380 g/mol. The highest BCUT2D eigenvalue weighted by molar-refractivity contribution is 7.14. The Morgan fingerprint density at radius 3 is 2.65 bits per heavy atom. The summed E-state index contributed by atoms with van der Waals surface area (Å²) >= 11 is 3.25. The number of hydrogen-bond acceptors (Lipinski definition) is 5. The zero-order valence-corrected chi connectivity index (χ0v) is 15.6. The maximum Gasteiger partial charge on any atom is 0.211 e. The number of H-pyrrole nitrogens is 1. The molecule has 0 saturated heterocycles. The van der Waals surface area contributed by atoms with Crippen LogP contribution in [0.1, 0.15) is 5.69 Å². The molecule has 5 nitrogen and oxygen atoms in total. The van der Waals surface area contributed by atoms with Gasteiger partial charge in [-0.05, 0) is 47.8 Å². The second kappa shape index (κ2) is 7.55. The molecule has 0 aliphatic rings. The molecule has 1 aromatic carbocycles. The van der Waals surface area contributed by atoms with Gasteiger partial charge < -0.3 is 9.72 Å². The maximum absolute atomic E-state index is 5.21. The number of benzene rings is 1. The van der Waals surface area contributed by atoms with E-state index in [9.17, 15) is 0 Å². The van der Waals surface area contributed by atoms with Gasteiger partial charge in [0.1, 0.15) is 5.75 Å². The number of hydrogen-bond donors (Lipinski definition) is 1. The van der Waals surface area contributed by atoms with Crippen LogP contribution in [0.25, 0.3) is 10.6 Å². The summed E-state index contributed by atoms with van der Waals surface area (Å²) < 4.78 is 7.08. The van der Waals surface area contributed by atoms with Crippen LogP contribution >= 0.6 is 22.7 Å². The van der Waals surface area contributed by atoms with Gasteiger partial charge in [-0.25, -0.2) is 9.67 Å².